The Morgan fingerprint density at radius 2 is 0.639 bits per heavy atom. The highest BCUT2D eigenvalue weighted by Crippen LogP contribution is 2.67. The first-order chi connectivity index (χ1) is 30.1. The maximum Gasteiger partial charge on any atom is 0.0726 e. The average molecular weight is 771 g/mol. The molecule has 1 unspecified atom stereocenters. The largest absolute Gasteiger partial charge is 0.0726 e. The van der Waals surface area contributed by atoms with Gasteiger partial charge in [0.05, 0.1) is 10.8 Å². The minimum atomic E-state index is -0.426. The van der Waals surface area contributed by atoms with E-state index in [4.69, 9.17) is 0 Å². The zero-order valence-electron chi connectivity index (χ0n) is 34.0. The van der Waals surface area contributed by atoms with Gasteiger partial charge in [0, 0.05) is 0 Å². The Bertz CT molecular complexity index is 3760. The van der Waals surface area contributed by atoms with Crippen LogP contribution in [0.1, 0.15) is 69.8 Å². The van der Waals surface area contributed by atoms with Crippen LogP contribution in [0.5, 0.6) is 0 Å². The molecule has 0 aliphatic heterocycles. The first-order valence-corrected chi connectivity index (χ1v) is 22.0. The number of fused-ring (bicyclic) bond motifs is 24. The molecule has 0 heterocycles. The average Bonchev–Trinajstić information content (AvgIpc) is 3.99. The zero-order chi connectivity index (χ0) is 39.9. The van der Waals surface area contributed by atoms with Gasteiger partial charge in [0.2, 0.25) is 0 Å². The second-order valence-corrected chi connectivity index (χ2v) is 18.3. The summed E-state index contributed by atoms with van der Waals surface area (Å²) in [7, 11) is 0. The van der Waals surface area contributed by atoms with Crippen LogP contribution in [-0.2, 0) is 10.8 Å². The van der Waals surface area contributed by atoms with Gasteiger partial charge in [-0.25, -0.2) is 0 Å². The Balaban J connectivity index is 1.13. The van der Waals surface area contributed by atoms with Crippen LogP contribution in [0.3, 0.4) is 0 Å². The Labute approximate surface area is 354 Å². The summed E-state index contributed by atoms with van der Waals surface area (Å²) in [4.78, 5) is 0. The van der Waals surface area contributed by atoms with E-state index in [2.05, 4.69) is 202 Å². The van der Waals surface area contributed by atoms with Gasteiger partial charge in [-0.3, -0.25) is 0 Å². The summed E-state index contributed by atoms with van der Waals surface area (Å²) in [6, 6.07) is 73.1. The number of hydrogen-bond donors (Lipinski definition) is 0. The molecule has 1 atom stereocenters. The summed E-state index contributed by atoms with van der Waals surface area (Å²) in [5.74, 6) is 0.425. The van der Waals surface area contributed by atoms with Gasteiger partial charge in [-0.05, 0) is 156 Å². The number of rotatable bonds is 1. The third-order valence-electron chi connectivity index (χ3n) is 15.6. The van der Waals surface area contributed by atoms with Gasteiger partial charge in [-0.2, -0.15) is 0 Å². The molecular formula is C61H38. The molecule has 0 radical (unpaired) electrons. The van der Waals surface area contributed by atoms with Gasteiger partial charge >= 0.3 is 0 Å². The van der Waals surface area contributed by atoms with Crippen molar-refractivity contribution in [1.29, 1.82) is 0 Å². The Morgan fingerprint density at radius 1 is 0.279 bits per heavy atom. The molecule has 0 heteroatoms. The summed E-state index contributed by atoms with van der Waals surface area (Å²) in [5.41, 5.74) is 22.6. The van der Waals surface area contributed by atoms with E-state index >= 15 is 0 Å². The van der Waals surface area contributed by atoms with Crippen molar-refractivity contribution >= 4 is 43.1 Å². The molecule has 0 saturated heterocycles. The molecule has 11 aromatic rings. The van der Waals surface area contributed by atoms with Gasteiger partial charge in [-0.1, -0.05) is 190 Å². The molecule has 4 aliphatic carbocycles. The molecule has 0 N–H and O–H groups in total. The smallest absolute Gasteiger partial charge is 0.0619 e. The van der Waals surface area contributed by atoms with Crippen molar-refractivity contribution in [3.63, 3.8) is 0 Å². The molecule has 0 nitrogen and oxygen atoms in total. The van der Waals surface area contributed by atoms with E-state index in [1.165, 1.54) is 138 Å². The van der Waals surface area contributed by atoms with E-state index in [1.54, 1.807) is 0 Å². The van der Waals surface area contributed by atoms with Gasteiger partial charge in [0.1, 0.15) is 0 Å². The Hall–Kier alpha value is -7.28. The van der Waals surface area contributed by atoms with Crippen LogP contribution in [0.25, 0.3) is 87.6 Å². The standard InChI is InChI=1S/C61H38/c1-34(2)35-29-30-39-38-17-5-10-26-50(38)61(53(39)31-35)52-28-12-7-19-43(52)59-45-23-14-20-40-46-32-54-58(44-22-13-21-41(56(44)46)47(57(40)45)33-55(59)61)42-18-6-11-27-51(42)60(54)48-24-8-3-15-36(48)37-16-4-9-25-49(37)60/h3-34H,1-2H3. The molecule has 4 aliphatic rings. The quantitative estimate of drug-likeness (QED) is 0.115. The first-order valence-electron chi connectivity index (χ1n) is 22.0. The molecular weight excluding hydrogens is 733 g/mol. The number of hydrogen-bond acceptors (Lipinski definition) is 0. The normalized spacial score (nSPS) is 16.7. The monoisotopic (exact) mass is 770 g/mol. The van der Waals surface area contributed by atoms with E-state index in [9.17, 15) is 0 Å². The molecule has 15 rings (SSSR count). The van der Waals surface area contributed by atoms with Crippen molar-refractivity contribution < 1.29 is 0 Å². The molecule has 11 aromatic carbocycles. The van der Waals surface area contributed by atoms with E-state index in [0.29, 0.717) is 5.92 Å². The lowest BCUT2D eigenvalue weighted by molar-refractivity contribution is 0.785. The van der Waals surface area contributed by atoms with E-state index in [1.807, 2.05) is 0 Å². The van der Waals surface area contributed by atoms with Crippen LogP contribution < -0.4 is 0 Å². The first kappa shape index (κ1) is 32.6. The Kier molecular flexibility index (Phi) is 5.82. The highest BCUT2D eigenvalue weighted by molar-refractivity contribution is 6.36. The lowest BCUT2D eigenvalue weighted by Crippen LogP contribution is -2.26. The van der Waals surface area contributed by atoms with Crippen molar-refractivity contribution in [3.8, 4) is 44.5 Å². The highest BCUT2D eigenvalue weighted by Gasteiger charge is 2.54. The molecule has 0 saturated carbocycles. The summed E-state index contributed by atoms with van der Waals surface area (Å²) in [6.07, 6.45) is 0. The topological polar surface area (TPSA) is 0 Å². The van der Waals surface area contributed by atoms with Crippen LogP contribution in [-0.4, -0.2) is 0 Å². The minimum absolute atomic E-state index is 0.407. The van der Waals surface area contributed by atoms with Crippen molar-refractivity contribution in [2.24, 2.45) is 0 Å². The van der Waals surface area contributed by atoms with Crippen LogP contribution in [0.4, 0.5) is 0 Å². The zero-order valence-corrected chi connectivity index (χ0v) is 34.0. The van der Waals surface area contributed by atoms with Gasteiger partial charge in [-0.15, -0.1) is 0 Å². The van der Waals surface area contributed by atoms with Gasteiger partial charge in [0.25, 0.3) is 0 Å². The summed E-state index contributed by atoms with van der Waals surface area (Å²) >= 11 is 0. The van der Waals surface area contributed by atoms with E-state index < -0.39 is 10.8 Å². The third-order valence-corrected chi connectivity index (χ3v) is 15.6. The Morgan fingerprint density at radius 3 is 1.08 bits per heavy atom. The fourth-order valence-electron chi connectivity index (χ4n) is 13.4. The van der Waals surface area contributed by atoms with Crippen LogP contribution >= 0.6 is 0 Å². The molecule has 0 bridgehead atoms. The maximum atomic E-state index is 2.64. The fraction of sp³-hybridized carbons (Fsp3) is 0.0820. The predicted octanol–water partition coefficient (Wildman–Crippen LogP) is 15.5. The second kappa shape index (κ2) is 10.9. The van der Waals surface area contributed by atoms with Crippen LogP contribution in [0, 0.1) is 0 Å². The van der Waals surface area contributed by atoms with Gasteiger partial charge in [0.15, 0.2) is 0 Å². The number of benzene rings is 11. The second-order valence-electron chi connectivity index (χ2n) is 18.3. The fourth-order valence-corrected chi connectivity index (χ4v) is 13.4. The van der Waals surface area contributed by atoms with Crippen molar-refractivity contribution in [3.05, 3.63) is 238 Å². The lowest BCUT2D eigenvalue weighted by Gasteiger charge is -2.32. The highest BCUT2D eigenvalue weighted by atomic mass is 14.5. The van der Waals surface area contributed by atoms with Crippen LogP contribution in [0.2, 0.25) is 0 Å². The molecule has 282 valence electrons. The molecule has 2 spiro atoms. The van der Waals surface area contributed by atoms with Gasteiger partial charge < -0.3 is 0 Å². The summed E-state index contributed by atoms with van der Waals surface area (Å²) in [5, 5.41) is 10.8. The van der Waals surface area contributed by atoms with E-state index in [-0.39, 0.29) is 0 Å². The van der Waals surface area contributed by atoms with Crippen molar-refractivity contribution in [2.45, 2.75) is 30.6 Å². The lowest BCUT2D eigenvalue weighted by atomic mass is 9.69. The molecule has 0 aromatic heterocycles. The molecule has 0 fully saturated rings. The summed E-state index contributed by atoms with van der Waals surface area (Å²) < 4.78 is 0. The third kappa shape index (κ3) is 3.50. The predicted molar refractivity (Wildman–Crippen MR) is 254 cm³/mol. The summed E-state index contributed by atoms with van der Waals surface area (Å²) in [6.45, 7) is 4.65. The SMILES string of the molecule is CC(C)c1ccc2c(c1)C1(c3ccccc3-2)c2ccccc2-c2c1cc1c3cccc4c5c(cc(c6cccc2c61)c43)C1(c2ccccc2-c2ccccc21)c1ccccc1-5. The van der Waals surface area contributed by atoms with Crippen molar-refractivity contribution in [2.75, 3.05) is 0 Å². The minimum Gasteiger partial charge on any atom is -0.0619 e. The molecule has 61 heavy (non-hydrogen) atoms. The van der Waals surface area contributed by atoms with Crippen LogP contribution in [0.15, 0.2) is 188 Å². The van der Waals surface area contributed by atoms with E-state index in [0.717, 1.165) is 0 Å². The van der Waals surface area contributed by atoms with Crippen molar-refractivity contribution in [1.82, 2.24) is 0 Å². The maximum absolute atomic E-state index is 2.64. The molecule has 0 amide bonds.